The van der Waals surface area contributed by atoms with Gasteiger partial charge in [-0.25, -0.2) is 14.4 Å². The molecule has 0 N–H and O–H groups in total. The van der Waals surface area contributed by atoms with E-state index in [-0.39, 0.29) is 10.9 Å². The Balaban J connectivity index is 2.62. The molecule has 0 aliphatic heterocycles. The Hall–Kier alpha value is -0.520. The Labute approximate surface area is 132 Å². The first-order valence-electron chi connectivity index (χ1n) is 5.58. The summed E-state index contributed by atoms with van der Waals surface area (Å²) in [4.78, 5) is 8.65. The van der Waals surface area contributed by atoms with Gasteiger partial charge in [-0.15, -0.1) is 0 Å². The van der Waals surface area contributed by atoms with E-state index in [1.807, 2.05) is 13.8 Å². The van der Waals surface area contributed by atoms with Crippen LogP contribution in [0.5, 0.6) is 0 Å². The van der Waals surface area contributed by atoms with Crippen LogP contribution < -0.4 is 0 Å². The fraction of sp³-hybridized carbons (Fsp3) is 0.231. The largest absolute Gasteiger partial charge is 0.232 e. The Morgan fingerprint density at radius 1 is 1.21 bits per heavy atom. The van der Waals surface area contributed by atoms with Crippen LogP contribution in [0.15, 0.2) is 27.3 Å². The molecule has 100 valence electrons. The third kappa shape index (κ3) is 3.15. The van der Waals surface area contributed by atoms with Gasteiger partial charge in [-0.05, 0) is 50.1 Å². The van der Waals surface area contributed by atoms with Crippen LogP contribution in [-0.2, 0) is 0 Å². The van der Waals surface area contributed by atoms with Gasteiger partial charge in [0.2, 0.25) is 0 Å². The average Bonchev–Trinajstić information content (AvgIpc) is 2.35. The summed E-state index contributed by atoms with van der Waals surface area (Å²) in [6.45, 7) is 3.97. The molecule has 0 unspecified atom stereocenters. The van der Waals surface area contributed by atoms with Gasteiger partial charge in [0.15, 0.2) is 5.82 Å². The normalized spacial score (nSPS) is 11.1. The highest BCUT2D eigenvalue weighted by molar-refractivity contribution is 9.10. The molecule has 6 heteroatoms. The highest BCUT2D eigenvalue weighted by atomic mass is 79.9. The molecule has 0 saturated carbocycles. The summed E-state index contributed by atoms with van der Waals surface area (Å²) in [6, 6.07) is 5.02. The van der Waals surface area contributed by atoms with Crippen molar-refractivity contribution in [3.05, 3.63) is 43.9 Å². The lowest BCUT2D eigenvalue weighted by molar-refractivity contribution is 0.629. The molecule has 1 aromatic carbocycles. The summed E-state index contributed by atoms with van der Waals surface area (Å²) in [7, 11) is 0. The number of halogens is 4. The Morgan fingerprint density at radius 2 is 1.89 bits per heavy atom. The van der Waals surface area contributed by atoms with E-state index in [4.69, 9.17) is 11.6 Å². The van der Waals surface area contributed by atoms with E-state index in [1.165, 1.54) is 0 Å². The first-order valence-corrected chi connectivity index (χ1v) is 7.55. The van der Waals surface area contributed by atoms with Crippen LogP contribution in [0.25, 0.3) is 11.3 Å². The van der Waals surface area contributed by atoms with Crippen molar-refractivity contribution in [2.24, 2.45) is 0 Å². The molecule has 0 aliphatic rings. The number of aromatic nitrogens is 2. The van der Waals surface area contributed by atoms with E-state index >= 15 is 0 Å². The summed E-state index contributed by atoms with van der Waals surface area (Å²) in [5, 5.41) is 0.0540. The monoisotopic (exact) mass is 406 g/mol. The van der Waals surface area contributed by atoms with Crippen molar-refractivity contribution in [1.82, 2.24) is 9.97 Å². The van der Waals surface area contributed by atoms with Crippen molar-refractivity contribution in [3.63, 3.8) is 0 Å². The van der Waals surface area contributed by atoms with Crippen LogP contribution in [0.3, 0.4) is 0 Å². The fourth-order valence-corrected chi connectivity index (χ4v) is 2.42. The fourth-order valence-electron chi connectivity index (χ4n) is 1.56. The molecule has 0 aliphatic carbocycles. The Kier molecular flexibility index (Phi) is 4.58. The van der Waals surface area contributed by atoms with Gasteiger partial charge < -0.3 is 0 Å². The molecule has 0 bridgehead atoms. The number of benzene rings is 1. The first-order chi connectivity index (χ1) is 8.90. The van der Waals surface area contributed by atoms with Gasteiger partial charge in [0, 0.05) is 16.0 Å². The highest BCUT2D eigenvalue weighted by Crippen LogP contribution is 2.33. The summed E-state index contributed by atoms with van der Waals surface area (Å²) in [5.41, 5.74) is 0.871. The topological polar surface area (TPSA) is 25.8 Å². The average molecular weight is 408 g/mol. The van der Waals surface area contributed by atoms with Crippen molar-refractivity contribution in [2.75, 3.05) is 0 Å². The second kappa shape index (κ2) is 5.85. The zero-order valence-electron chi connectivity index (χ0n) is 10.2. The number of hydrogen-bond acceptors (Lipinski definition) is 2. The SMILES string of the molecule is CC(C)c1nc(Br)cc(-c2ccc(Br)c(Cl)c2F)n1. The van der Waals surface area contributed by atoms with Crippen LogP contribution in [0, 0.1) is 5.82 Å². The molecule has 1 aromatic heterocycles. The van der Waals surface area contributed by atoms with Gasteiger partial charge >= 0.3 is 0 Å². The second-order valence-corrected chi connectivity index (χ2v) is 6.36. The zero-order chi connectivity index (χ0) is 14.2. The lowest BCUT2D eigenvalue weighted by Gasteiger charge is -2.09. The van der Waals surface area contributed by atoms with Crippen LogP contribution in [0.4, 0.5) is 4.39 Å². The van der Waals surface area contributed by atoms with Crippen LogP contribution in [0.1, 0.15) is 25.6 Å². The van der Waals surface area contributed by atoms with Gasteiger partial charge in [-0.3, -0.25) is 0 Å². The highest BCUT2D eigenvalue weighted by Gasteiger charge is 2.15. The maximum Gasteiger partial charge on any atom is 0.152 e. The summed E-state index contributed by atoms with van der Waals surface area (Å²) in [5.74, 6) is 0.324. The van der Waals surface area contributed by atoms with Crippen molar-refractivity contribution in [2.45, 2.75) is 19.8 Å². The quantitative estimate of drug-likeness (QED) is 0.479. The zero-order valence-corrected chi connectivity index (χ0v) is 14.1. The molecule has 0 atom stereocenters. The lowest BCUT2D eigenvalue weighted by Crippen LogP contribution is -2.00. The van der Waals surface area contributed by atoms with Crippen LogP contribution >= 0.6 is 43.5 Å². The summed E-state index contributed by atoms with van der Waals surface area (Å²) < 4.78 is 15.3. The summed E-state index contributed by atoms with van der Waals surface area (Å²) >= 11 is 12.4. The molecular formula is C13H10Br2ClFN2. The van der Waals surface area contributed by atoms with Crippen molar-refractivity contribution in [3.8, 4) is 11.3 Å². The van der Waals surface area contributed by atoms with Crippen molar-refractivity contribution in [1.29, 1.82) is 0 Å². The molecule has 0 saturated heterocycles. The Morgan fingerprint density at radius 3 is 2.53 bits per heavy atom. The van der Waals surface area contributed by atoms with E-state index in [1.54, 1.807) is 18.2 Å². The third-order valence-corrected chi connectivity index (χ3v) is 4.20. The first kappa shape index (κ1) is 14.9. The van der Waals surface area contributed by atoms with Crippen LogP contribution in [0.2, 0.25) is 5.02 Å². The van der Waals surface area contributed by atoms with E-state index < -0.39 is 5.82 Å². The minimum Gasteiger partial charge on any atom is -0.232 e. The van der Waals surface area contributed by atoms with E-state index in [0.717, 1.165) is 0 Å². The molecule has 0 amide bonds. The lowest BCUT2D eigenvalue weighted by atomic mass is 10.1. The van der Waals surface area contributed by atoms with Gasteiger partial charge in [0.25, 0.3) is 0 Å². The molecule has 0 fully saturated rings. The maximum atomic E-state index is 14.2. The van der Waals surface area contributed by atoms with Crippen LogP contribution in [-0.4, -0.2) is 9.97 Å². The van der Waals surface area contributed by atoms with E-state index in [9.17, 15) is 4.39 Å². The molecule has 2 nitrogen and oxygen atoms in total. The molecule has 0 radical (unpaired) electrons. The molecule has 0 spiro atoms. The van der Waals surface area contributed by atoms with Gasteiger partial charge in [0.05, 0.1) is 10.7 Å². The predicted molar refractivity (Wildman–Crippen MR) is 81.9 cm³/mol. The van der Waals surface area contributed by atoms with Gasteiger partial charge in [-0.2, -0.15) is 0 Å². The predicted octanol–water partition coefficient (Wildman–Crippen LogP) is 5.58. The smallest absolute Gasteiger partial charge is 0.152 e. The molecule has 2 aromatic rings. The standard InChI is InChI=1S/C13H10Br2ClFN2/c1-6(2)13-18-9(5-10(15)19-13)7-3-4-8(14)11(16)12(7)17/h3-6H,1-2H3. The third-order valence-electron chi connectivity index (χ3n) is 2.54. The molecule has 19 heavy (non-hydrogen) atoms. The Bertz CT molecular complexity index is 632. The van der Waals surface area contributed by atoms with Crippen molar-refractivity contribution >= 4 is 43.5 Å². The molecular weight excluding hydrogens is 398 g/mol. The number of rotatable bonds is 2. The number of nitrogens with zero attached hydrogens (tertiary/aromatic N) is 2. The van der Waals surface area contributed by atoms with Gasteiger partial charge in [0.1, 0.15) is 10.4 Å². The second-order valence-electron chi connectivity index (χ2n) is 4.31. The van der Waals surface area contributed by atoms with Crippen molar-refractivity contribution < 1.29 is 4.39 Å². The minimum atomic E-state index is -0.489. The number of hydrogen-bond donors (Lipinski definition) is 0. The van der Waals surface area contributed by atoms with Gasteiger partial charge in [-0.1, -0.05) is 25.4 Å². The minimum absolute atomic E-state index is 0.0540. The maximum absolute atomic E-state index is 14.2. The molecule has 2 rings (SSSR count). The van der Waals surface area contributed by atoms with E-state index in [0.29, 0.717) is 26.2 Å². The molecule has 1 heterocycles. The van der Waals surface area contributed by atoms with E-state index in [2.05, 4.69) is 41.8 Å². The summed E-state index contributed by atoms with van der Waals surface area (Å²) in [6.07, 6.45) is 0.